The summed E-state index contributed by atoms with van der Waals surface area (Å²) in [5, 5.41) is 4.93. The fourth-order valence-corrected chi connectivity index (χ4v) is 4.55. The predicted octanol–water partition coefficient (Wildman–Crippen LogP) is 5.95. The third-order valence-corrected chi connectivity index (χ3v) is 6.38. The number of halogens is 1. The summed E-state index contributed by atoms with van der Waals surface area (Å²) in [5.41, 5.74) is 9.62. The first-order valence-corrected chi connectivity index (χ1v) is 11.2. The average molecular weight is 503 g/mol. The van der Waals surface area contributed by atoms with E-state index in [9.17, 15) is 9.59 Å². The molecule has 0 aliphatic carbocycles. The van der Waals surface area contributed by atoms with Gasteiger partial charge in [-0.3, -0.25) is 4.79 Å². The first-order chi connectivity index (χ1) is 14.8. The van der Waals surface area contributed by atoms with Gasteiger partial charge < -0.3 is 20.5 Å². The summed E-state index contributed by atoms with van der Waals surface area (Å²) in [5.74, 6) is 0.546. The van der Waals surface area contributed by atoms with Crippen LogP contribution in [0.25, 0.3) is 11.1 Å². The van der Waals surface area contributed by atoms with Gasteiger partial charge in [-0.25, -0.2) is 4.79 Å². The van der Waals surface area contributed by atoms with Gasteiger partial charge in [0.05, 0.1) is 24.3 Å². The lowest BCUT2D eigenvalue weighted by molar-refractivity contribution is 0.103. The van der Waals surface area contributed by atoms with E-state index in [-0.39, 0.29) is 18.4 Å². The van der Waals surface area contributed by atoms with Crippen LogP contribution in [0.15, 0.2) is 52.3 Å². The van der Waals surface area contributed by atoms with Gasteiger partial charge in [0.1, 0.15) is 5.75 Å². The van der Waals surface area contributed by atoms with Crippen LogP contribution in [0.4, 0.5) is 10.5 Å². The van der Waals surface area contributed by atoms with Crippen LogP contribution in [0.1, 0.15) is 33.6 Å². The van der Waals surface area contributed by atoms with Gasteiger partial charge in [-0.05, 0) is 68.7 Å². The highest BCUT2D eigenvalue weighted by Crippen LogP contribution is 2.33. The van der Waals surface area contributed by atoms with Gasteiger partial charge >= 0.3 is 6.09 Å². The zero-order valence-corrected chi connectivity index (χ0v) is 19.8. The number of benzene rings is 2. The molecule has 0 radical (unpaired) electrons. The Morgan fingerprint density at radius 3 is 2.65 bits per heavy atom. The van der Waals surface area contributed by atoms with Crippen molar-refractivity contribution in [2.45, 2.75) is 19.8 Å². The molecule has 0 aliphatic heterocycles. The number of carbonyl (C=O) groups is 2. The van der Waals surface area contributed by atoms with E-state index in [4.69, 9.17) is 15.2 Å². The Bertz CT molecular complexity index is 1090. The molecule has 31 heavy (non-hydrogen) atoms. The van der Waals surface area contributed by atoms with Gasteiger partial charge in [-0.1, -0.05) is 31.2 Å². The number of amides is 2. The second-order valence-electron chi connectivity index (χ2n) is 7.11. The van der Waals surface area contributed by atoms with Crippen LogP contribution >= 0.6 is 27.3 Å². The molecule has 0 saturated carbocycles. The molecule has 162 valence electrons. The minimum absolute atomic E-state index is 0.00394. The fraction of sp³-hybridized carbons (Fsp3) is 0.217. The van der Waals surface area contributed by atoms with Crippen molar-refractivity contribution >= 4 is 45.0 Å². The van der Waals surface area contributed by atoms with Gasteiger partial charge in [0.25, 0.3) is 5.91 Å². The average Bonchev–Trinajstić information content (AvgIpc) is 3.24. The SMILES string of the molecule is COc1cc(C)c(NC(=O)c2cc(-c3cccc(C(C)COC(N)=O)c3)cs2)c(Br)c1. The molecule has 6 nitrogen and oxygen atoms in total. The van der Waals surface area contributed by atoms with Crippen molar-refractivity contribution in [1.82, 2.24) is 0 Å². The topological polar surface area (TPSA) is 90.7 Å². The maximum atomic E-state index is 12.8. The Morgan fingerprint density at radius 1 is 1.19 bits per heavy atom. The van der Waals surface area contributed by atoms with Crippen LogP contribution in [0.3, 0.4) is 0 Å². The molecule has 1 aromatic heterocycles. The van der Waals surface area contributed by atoms with Crippen LogP contribution in [0, 0.1) is 6.92 Å². The molecule has 3 rings (SSSR count). The number of anilines is 1. The Balaban J connectivity index is 1.77. The molecule has 3 N–H and O–H groups in total. The van der Waals surface area contributed by atoms with E-state index < -0.39 is 6.09 Å². The third kappa shape index (κ3) is 5.65. The number of nitrogens with one attached hydrogen (secondary N) is 1. The minimum atomic E-state index is -0.782. The molecule has 2 aromatic carbocycles. The first-order valence-electron chi connectivity index (χ1n) is 9.55. The zero-order valence-electron chi connectivity index (χ0n) is 17.4. The number of hydrogen-bond acceptors (Lipinski definition) is 5. The van der Waals surface area contributed by atoms with E-state index in [1.807, 2.05) is 61.7 Å². The van der Waals surface area contributed by atoms with Gasteiger partial charge in [-0.15, -0.1) is 11.3 Å². The van der Waals surface area contributed by atoms with Gasteiger partial charge in [0.15, 0.2) is 0 Å². The number of carbonyl (C=O) groups excluding carboxylic acids is 2. The number of ether oxygens (including phenoxy) is 2. The van der Waals surface area contributed by atoms with Crippen molar-refractivity contribution in [3.8, 4) is 16.9 Å². The predicted molar refractivity (Wildman–Crippen MR) is 127 cm³/mol. The number of thiophene rings is 1. The normalized spacial score (nSPS) is 11.6. The standard InChI is InChI=1S/C23H23BrN2O4S/c1-13-7-18(29-3)10-19(24)21(13)26-22(27)20-9-17(12-31-20)16-6-4-5-15(8-16)14(2)11-30-23(25)28/h4-10,12,14H,11H2,1-3H3,(H2,25,28)(H,26,27). The summed E-state index contributed by atoms with van der Waals surface area (Å²) in [7, 11) is 1.60. The van der Waals surface area contributed by atoms with Crippen LogP contribution in [-0.2, 0) is 4.74 Å². The highest BCUT2D eigenvalue weighted by molar-refractivity contribution is 9.10. The highest BCUT2D eigenvalue weighted by Gasteiger charge is 2.15. The summed E-state index contributed by atoms with van der Waals surface area (Å²) in [6.45, 7) is 4.09. The molecular weight excluding hydrogens is 480 g/mol. The van der Waals surface area contributed by atoms with Crippen LogP contribution < -0.4 is 15.8 Å². The second kappa shape index (κ2) is 9.98. The van der Waals surface area contributed by atoms with E-state index in [2.05, 4.69) is 21.2 Å². The quantitative estimate of drug-likeness (QED) is 0.417. The van der Waals surface area contributed by atoms with E-state index in [1.54, 1.807) is 7.11 Å². The molecule has 3 aromatic rings. The van der Waals surface area contributed by atoms with Crippen molar-refractivity contribution in [2.24, 2.45) is 5.73 Å². The van der Waals surface area contributed by atoms with E-state index in [0.717, 1.165) is 32.5 Å². The van der Waals surface area contributed by atoms with Crippen LogP contribution in [-0.4, -0.2) is 25.7 Å². The summed E-state index contributed by atoms with van der Waals surface area (Å²) in [6.07, 6.45) is -0.782. The largest absolute Gasteiger partial charge is 0.497 e. The lowest BCUT2D eigenvalue weighted by Crippen LogP contribution is -2.16. The Kier molecular flexibility index (Phi) is 7.35. The Morgan fingerprint density at radius 2 is 1.97 bits per heavy atom. The molecule has 0 fully saturated rings. The molecule has 8 heteroatoms. The molecule has 1 unspecified atom stereocenters. The Labute approximate surface area is 193 Å². The van der Waals surface area contributed by atoms with E-state index in [1.165, 1.54) is 11.3 Å². The van der Waals surface area contributed by atoms with Crippen molar-refractivity contribution in [3.05, 3.63) is 68.3 Å². The zero-order chi connectivity index (χ0) is 22.5. The summed E-state index contributed by atoms with van der Waals surface area (Å²) in [6, 6.07) is 13.5. The molecule has 1 atom stereocenters. The number of nitrogens with two attached hydrogens (primary N) is 1. The molecule has 0 spiro atoms. The van der Waals surface area contributed by atoms with Gasteiger partial charge in [-0.2, -0.15) is 0 Å². The first kappa shape index (κ1) is 22.8. The monoisotopic (exact) mass is 502 g/mol. The molecule has 1 heterocycles. The lowest BCUT2D eigenvalue weighted by Gasteiger charge is -2.12. The lowest BCUT2D eigenvalue weighted by atomic mass is 9.98. The van der Waals surface area contributed by atoms with Crippen molar-refractivity contribution in [2.75, 3.05) is 19.0 Å². The minimum Gasteiger partial charge on any atom is -0.497 e. The molecule has 2 amide bonds. The number of aryl methyl sites for hydroxylation is 1. The number of primary amides is 1. The third-order valence-electron chi connectivity index (χ3n) is 4.82. The Hall–Kier alpha value is -2.84. The maximum absolute atomic E-state index is 12.8. The highest BCUT2D eigenvalue weighted by atomic mass is 79.9. The molecular formula is C23H23BrN2O4S. The smallest absolute Gasteiger partial charge is 0.404 e. The summed E-state index contributed by atoms with van der Waals surface area (Å²) < 4.78 is 10.9. The number of methoxy groups -OCH3 is 1. The fourth-order valence-electron chi connectivity index (χ4n) is 3.10. The van der Waals surface area contributed by atoms with Crippen molar-refractivity contribution in [3.63, 3.8) is 0 Å². The van der Waals surface area contributed by atoms with Crippen LogP contribution in [0.2, 0.25) is 0 Å². The van der Waals surface area contributed by atoms with Crippen LogP contribution in [0.5, 0.6) is 5.75 Å². The second-order valence-corrected chi connectivity index (χ2v) is 8.88. The van der Waals surface area contributed by atoms with Crippen molar-refractivity contribution < 1.29 is 19.1 Å². The summed E-state index contributed by atoms with van der Waals surface area (Å²) in [4.78, 5) is 24.3. The molecule has 0 bridgehead atoms. The van der Waals surface area contributed by atoms with E-state index >= 15 is 0 Å². The number of rotatable bonds is 7. The van der Waals surface area contributed by atoms with Crippen molar-refractivity contribution in [1.29, 1.82) is 0 Å². The molecule has 0 aliphatic rings. The summed E-state index contributed by atoms with van der Waals surface area (Å²) >= 11 is 4.88. The van der Waals surface area contributed by atoms with Gasteiger partial charge in [0.2, 0.25) is 0 Å². The number of hydrogen-bond donors (Lipinski definition) is 2. The van der Waals surface area contributed by atoms with E-state index in [0.29, 0.717) is 10.6 Å². The molecule has 0 saturated heterocycles. The maximum Gasteiger partial charge on any atom is 0.404 e. The van der Waals surface area contributed by atoms with Gasteiger partial charge in [0, 0.05) is 10.4 Å².